The molecule has 0 aliphatic carbocycles. The van der Waals surface area contributed by atoms with Gasteiger partial charge in [-0.25, -0.2) is 9.59 Å². The zero-order chi connectivity index (χ0) is 21.8. The molecule has 1 saturated heterocycles. The van der Waals surface area contributed by atoms with Crippen LogP contribution in [0.2, 0.25) is 0 Å². The molecule has 1 fully saturated rings. The lowest BCUT2D eigenvalue weighted by Crippen LogP contribution is -2.06. The second-order valence-corrected chi connectivity index (χ2v) is 7.89. The average molecular weight is 417 g/mol. The number of unbranched alkanes of at least 4 members (excludes halogenated alkanes) is 9. The molecule has 1 aromatic carbocycles. The van der Waals surface area contributed by atoms with Crippen molar-refractivity contribution in [3.05, 3.63) is 35.4 Å². The summed E-state index contributed by atoms with van der Waals surface area (Å²) in [4.78, 5) is 43.8. The third-order valence-electron chi connectivity index (χ3n) is 5.42. The van der Waals surface area contributed by atoms with Crippen LogP contribution in [-0.2, 0) is 19.1 Å². The van der Waals surface area contributed by atoms with Crippen LogP contribution in [0, 0.1) is 5.92 Å². The van der Waals surface area contributed by atoms with Crippen LogP contribution in [0.4, 0.5) is 0 Å². The lowest BCUT2D eigenvalue weighted by Gasteiger charge is -2.04. The third-order valence-corrected chi connectivity index (χ3v) is 5.42. The fourth-order valence-corrected chi connectivity index (χ4v) is 3.65. The van der Waals surface area contributed by atoms with Crippen LogP contribution in [0.25, 0.3) is 0 Å². The van der Waals surface area contributed by atoms with Crippen molar-refractivity contribution in [3.63, 3.8) is 0 Å². The standard InChI is InChI=1S/C16H28O3.C8H4O3/c1-2-3-4-5-6-7-8-9-10-11-12-14-13-15(17)19-16(14)18;9-7-5-3-1-2-4-6(5)8(10)11-7/h14H,2-13H2,1H3;1-4H. The highest BCUT2D eigenvalue weighted by atomic mass is 16.6. The summed E-state index contributed by atoms with van der Waals surface area (Å²) in [6.07, 6.45) is 14.1. The molecule has 1 aromatic rings. The summed E-state index contributed by atoms with van der Waals surface area (Å²) in [5.74, 6) is -1.90. The molecule has 2 heterocycles. The number of carbonyl (C=O) groups is 4. The van der Waals surface area contributed by atoms with Crippen LogP contribution in [0.5, 0.6) is 0 Å². The second kappa shape index (κ2) is 12.9. The van der Waals surface area contributed by atoms with Gasteiger partial charge in [0.15, 0.2) is 0 Å². The Kier molecular flexibility index (Phi) is 10.3. The van der Waals surface area contributed by atoms with Crippen LogP contribution in [0.3, 0.4) is 0 Å². The van der Waals surface area contributed by atoms with Gasteiger partial charge in [-0.1, -0.05) is 83.3 Å². The van der Waals surface area contributed by atoms with Gasteiger partial charge in [-0.2, -0.15) is 0 Å². The number of cyclic esters (lactones) is 4. The van der Waals surface area contributed by atoms with Crippen LogP contribution in [-0.4, -0.2) is 23.9 Å². The maximum Gasteiger partial charge on any atom is 0.346 e. The summed E-state index contributed by atoms with van der Waals surface area (Å²) < 4.78 is 8.89. The molecule has 0 N–H and O–H groups in total. The highest BCUT2D eigenvalue weighted by Gasteiger charge is 2.32. The van der Waals surface area contributed by atoms with Crippen molar-refractivity contribution >= 4 is 23.9 Å². The van der Waals surface area contributed by atoms with Crippen LogP contribution in [0.1, 0.15) is 105 Å². The lowest BCUT2D eigenvalue weighted by molar-refractivity contribution is -0.153. The number of hydrogen-bond acceptors (Lipinski definition) is 6. The Morgan fingerprint density at radius 3 is 1.70 bits per heavy atom. The number of hydrogen-bond donors (Lipinski definition) is 0. The Balaban J connectivity index is 0.000000244. The van der Waals surface area contributed by atoms with Crippen molar-refractivity contribution in [1.29, 1.82) is 0 Å². The second-order valence-electron chi connectivity index (χ2n) is 7.89. The van der Waals surface area contributed by atoms with Gasteiger partial charge in [-0.15, -0.1) is 0 Å². The van der Waals surface area contributed by atoms with Gasteiger partial charge < -0.3 is 9.47 Å². The molecule has 0 spiro atoms. The molecular weight excluding hydrogens is 384 g/mol. The third kappa shape index (κ3) is 7.73. The van der Waals surface area contributed by atoms with E-state index in [-0.39, 0.29) is 17.9 Å². The molecule has 164 valence electrons. The quantitative estimate of drug-likeness (QED) is 0.273. The summed E-state index contributed by atoms with van der Waals surface area (Å²) in [5.41, 5.74) is 0.718. The lowest BCUT2D eigenvalue weighted by atomic mass is 9.99. The average Bonchev–Trinajstić information content (AvgIpc) is 3.21. The summed E-state index contributed by atoms with van der Waals surface area (Å²) >= 11 is 0. The van der Waals surface area contributed by atoms with Crippen molar-refractivity contribution in [1.82, 2.24) is 0 Å². The largest absolute Gasteiger partial charge is 0.393 e. The van der Waals surface area contributed by atoms with E-state index in [0.29, 0.717) is 17.5 Å². The molecule has 6 heteroatoms. The van der Waals surface area contributed by atoms with Crippen molar-refractivity contribution in [3.8, 4) is 0 Å². The van der Waals surface area contributed by atoms with E-state index in [1.54, 1.807) is 24.3 Å². The fraction of sp³-hybridized carbons (Fsp3) is 0.583. The molecule has 1 atom stereocenters. The number of carbonyl (C=O) groups excluding carboxylic acids is 4. The van der Waals surface area contributed by atoms with E-state index >= 15 is 0 Å². The fourth-order valence-electron chi connectivity index (χ4n) is 3.65. The Bertz CT molecular complexity index is 706. The maximum atomic E-state index is 11.2. The minimum absolute atomic E-state index is 0.151. The van der Waals surface area contributed by atoms with E-state index in [9.17, 15) is 19.2 Å². The molecule has 2 aliphatic heterocycles. The molecule has 0 amide bonds. The van der Waals surface area contributed by atoms with Gasteiger partial charge >= 0.3 is 23.9 Å². The predicted octanol–water partition coefficient (Wildman–Crippen LogP) is 5.38. The van der Waals surface area contributed by atoms with E-state index in [1.165, 1.54) is 57.8 Å². The Hall–Kier alpha value is -2.50. The monoisotopic (exact) mass is 416 g/mol. The van der Waals surface area contributed by atoms with E-state index in [0.717, 1.165) is 12.8 Å². The summed E-state index contributed by atoms with van der Waals surface area (Å²) in [7, 11) is 0. The van der Waals surface area contributed by atoms with Crippen LogP contribution >= 0.6 is 0 Å². The Morgan fingerprint density at radius 1 is 0.733 bits per heavy atom. The van der Waals surface area contributed by atoms with Crippen molar-refractivity contribution in [2.45, 2.75) is 84.0 Å². The molecular formula is C24H32O6. The number of esters is 4. The van der Waals surface area contributed by atoms with Crippen molar-refractivity contribution in [2.75, 3.05) is 0 Å². The number of ether oxygens (including phenoxy) is 2. The SMILES string of the molecule is CCCCCCCCCCCCC1CC(=O)OC1=O.O=C1OC(=O)c2ccccc21. The van der Waals surface area contributed by atoms with Crippen molar-refractivity contribution < 1.29 is 28.7 Å². The highest BCUT2D eigenvalue weighted by molar-refractivity contribution is 6.14. The van der Waals surface area contributed by atoms with Gasteiger partial charge in [0.05, 0.1) is 23.5 Å². The molecule has 2 aliphatic rings. The van der Waals surface area contributed by atoms with Gasteiger partial charge in [0.2, 0.25) is 0 Å². The highest BCUT2D eigenvalue weighted by Crippen LogP contribution is 2.22. The molecule has 0 saturated carbocycles. The van der Waals surface area contributed by atoms with Crippen LogP contribution < -0.4 is 0 Å². The minimum atomic E-state index is -0.550. The van der Waals surface area contributed by atoms with E-state index < -0.39 is 11.9 Å². The smallest absolute Gasteiger partial charge is 0.346 e. The number of fused-ring (bicyclic) bond motifs is 1. The molecule has 0 radical (unpaired) electrons. The van der Waals surface area contributed by atoms with Crippen molar-refractivity contribution in [2.24, 2.45) is 5.92 Å². The Labute approximate surface area is 178 Å². The van der Waals surface area contributed by atoms with E-state index in [1.807, 2.05) is 0 Å². The topological polar surface area (TPSA) is 86.7 Å². The van der Waals surface area contributed by atoms with E-state index in [2.05, 4.69) is 16.4 Å². The van der Waals surface area contributed by atoms with Gasteiger partial charge in [0.1, 0.15) is 0 Å². The van der Waals surface area contributed by atoms with Gasteiger partial charge in [-0.05, 0) is 18.6 Å². The molecule has 3 rings (SSSR count). The molecule has 1 unspecified atom stereocenters. The number of rotatable bonds is 11. The summed E-state index contributed by atoms with van der Waals surface area (Å²) in [6, 6.07) is 6.53. The number of benzene rings is 1. The first kappa shape index (κ1) is 23.8. The molecule has 30 heavy (non-hydrogen) atoms. The van der Waals surface area contributed by atoms with Crippen LogP contribution in [0.15, 0.2) is 24.3 Å². The van der Waals surface area contributed by atoms with Gasteiger partial charge in [0, 0.05) is 0 Å². The first-order valence-electron chi connectivity index (χ1n) is 11.1. The zero-order valence-corrected chi connectivity index (χ0v) is 17.8. The summed E-state index contributed by atoms with van der Waals surface area (Å²) in [5, 5.41) is 0. The summed E-state index contributed by atoms with van der Waals surface area (Å²) in [6.45, 7) is 2.24. The predicted molar refractivity (Wildman–Crippen MR) is 112 cm³/mol. The Morgan fingerprint density at radius 2 is 1.23 bits per heavy atom. The minimum Gasteiger partial charge on any atom is -0.393 e. The zero-order valence-electron chi connectivity index (χ0n) is 17.8. The maximum absolute atomic E-state index is 11.2. The molecule has 0 aromatic heterocycles. The normalized spacial score (nSPS) is 17.3. The van der Waals surface area contributed by atoms with Gasteiger partial charge in [-0.3, -0.25) is 9.59 Å². The first-order chi connectivity index (χ1) is 14.5. The van der Waals surface area contributed by atoms with Gasteiger partial charge in [0.25, 0.3) is 0 Å². The molecule has 0 bridgehead atoms. The van der Waals surface area contributed by atoms with E-state index in [4.69, 9.17) is 0 Å². The first-order valence-corrected chi connectivity index (χ1v) is 11.1. The molecule has 6 nitrogen and oxygen atoms in total.